The van der Waals surface area contributed by atoms with Gasteiger partial charge in [-0.2, -0.15) is 0 Å². The van der Waals surface area contributed by atoms with Crippen LogP contribution in [0.5, 0.6) is 5.75 Å². The highest BCUT2D eigenvalue weighted by Crippen LogP contribution is 2.34. The molecule has 0 saturated carbocycles. The van der Waals surface area contributed by atoms with E-state index in [1.54, 1.807) is 61.8 Å². The molecule has 2 aromatic rings. The third-order valence-corrected chi connectivity index (χ3v) is 6.65. The van der Waals surface area contributed by atoms with E-state index in [0.29, 0.717) is 44.4 Å². The van der Waals surface area contributed by atoms with E-state index >= 15 is 0 Å². The zero-order valence-corrected chi connectivity index (χ0v) is 24.2. The first-order chi connectivity index (χ1) is 19.6. The number of allylic oxidation sites excluding steroid dienone is 9. The fourth-order valence-electron chi connectivity index (χ4n) is 4.35. The number of carbonyl (C=O) groups is 2. The van der Waals surface area contributed by atoms with Crippen molar-refractivity contribution in [1.82, 2.24) is 15.2 Å². The van der Waals surface area contributed by atoms with E-state index in [2.05, 4.69) is 17.2 Å². The van der Waals surface area contributed by atoms with Crippen LogP contribution in [0.15, 0.2) is 107 Å². The summed E-state index contributed by atoms with van der Waals surface area (Å²) in [6.45, 7) is 6.99. The van der Waals surface area contributed by atoms with Crippen molar-refractivity contribution in [2.24, 2.45) is 0 Å². The molecule has 1 aliphatic rings. The van der Waals surface area contributed by atoms with E-state index < -0.39 is 17.5 Å². The highest BCUT2D eigenvalue weighted by atomic mass is 35.5. The van der Waals surface area contributed by atoms with Crippen molar-refractivity contribution in [1.29, 1.82) is 5.41 Å². The summed E-state index contributed by atoms with van der Waals surface area (Å²) in [5, 5.41) is 14.3. The Morgan fingerprint density at radius 1 is 1.22 bits per heavy atom. The number of hydrogen-bond donors (Lipinski definition) is 3. The Kier molecular flexibility index (Phi) is 10.6. The molecular formula is C32H33ClN4O4. The van der Waals surface area contributed by atoms with Crippen LogP contribution in [0.2, 0.25) is 5.02 Å². The van der Waals surface area contributed by atoms with Gasteiger partial charge in [-0.25, -0.2) is 0 Å². The molecule has 0 radical (unpaired) electrons. The van der Waals surface area contributed by atoms with Gasteiger partial charge in [-0.05, 0) is 61.4 Å². The Hall–Kier alpha value is -4.69. The van der Waals surface area contributed by atoms with Crippen molar-refractivity contribution in [3.05, 3.63) is 124 Å². The normalized spacial score (nSPS) is 15.0. The molecule has 1 aromatic heterocycles. The number of pyridine rings is 1. The molecule has 1 aromatic carbocycles. The lowest BCUT2D eigenvalue weighted by atomic mass is 9.97. The number of carbonyl (C=O) groups excluding carboxylic acids is 2. The predicted molar refractivity (Wildman–Crippen MR) is 165 cm³/mol. The number of Topliss-reactive ketones (excluding diaryl/α,β-unsaturated/α-hetero) is 1. The van der Waals surface area contributed by atoms with Crippen LogP contribution in [0, 0.1) is 5.41 Å². The van der Waals surface area contributed by atoms with Gasteiger partial charge in [-0.1, -0.05) is 42.5 Å². The number of benzene rings is 1. The Balaban J connectivity index is 2.14. The molecule has 0 saturated heterocycles. The van der Waals surface area contributed by atoms with Crippen molar-refractivity contribution in [2.75, 3.05) is 14.2 Å². The fourth-order valence-corrected chi connectivity index (χ4v) is 4.52. The summed E-state index contributed by atoms with van der Waals surface area (Å²) < 4.78 is 6.97. The van der Waals surface area contributed by atoms with Crippen LogP contribution in [-0.2, 0) is 4.79 Å². The first kappa shape index (κ1) is 30.8. The maximum Gasteiger partial charge on any atom is 0.252 e. The third-order valence-electron chi connectivity index (χ3n) is 6.42. The molecule has 1 aliphatic carbocycles. The van der Waals surface area contributed by atoms with Gasteiger partial charge in [0.25, 0.3) is 5.56 Å². The van der Waals surface area contributed by atoms with Gasteiger partial charge < -0.3 is 20.8 Å². The number of ketones is 1. The maximum atomic E-state index is 13.8. The molecule has 0 aliphatic heterocycles. The Bertz CT molecular complexity index is 1590. The van der Waals surface area contributed by atoms with E-state index in [1.807, 2.05) is 19.1 Å². The van der Waals surface area contributed by atoms with Gasteiger partial charge in [0.15, 0.2) is 5.78 Å². The Morgan fingerprint density at radius 3 is 2.61 bits per heavy atom. The molecule has 41 heavy (non-hydrogen) atoms. The molecule has 1 amide bonds. The van der Waals surface area contributed by atoms with E-state index in [9.17, 15) is 14.4 Å². The maximum absolute atomic E-state index is 13.8. The molecule has 3 rings (SSSR count). The van der Waals surface area contributed by atoms with E-state index in [0.717, 1.165) is 5.57 Å². The summed E-state index contributed by atoms with van der Waals surface area (Å²) in [5.74, 6) is -0.339. The van der Waals surface area contributed by atoms with Gasteiger partial charge in [0.1, 0.15) is 11.8 Å². The van der Waals surface area contributed by atoms with E-state index in [4.69, 9.17) is 21.7 Å². The van der Waals surface area contributed by atoms with Gasteiger partial charge in [-0.3, -0.25) is 19.0 Å². The number of ether oxygens (including phenoxy) is 1. The summed E-state index contributed by atoms with van der Waals surface area (Å²) in [4.78, 5) is 39.7. The quantitative estimate of drug-likeness (QED) is 0.236. The molecule has 0 bridgehead atoms. The van der Waals surface area contributed by atoms with E-state index in [-0.39, 0.29) is 12.2 Å². The second-order valence-corrected chi connectivity index (χ2v) is 9.59. The van der Waals surface area contributed by atoms with Crippen molar-refractivity contribution >= 4 is 29.0 Å². The van der Waals surface area contributed by atoms with Crippen LogP contribution in [0.1, 0.15) is 36.7 Å². The first-order valence-electron chi connectivity index (χ1n) is 12.9. The number of aromatic nitrogens is 1. The van der Waals surface area contributed by atoms with Gasteiger partial charge in [0.05, 0.1) is 19.0 Å². The van der Waals surface area contributed by atoms with Gasteiger partial charge in [0, 0.05) is 53.2 Å². The molecule has 8 nitrogen and oxygen atoms in total. The van der Waals surface area contributed by atoms with Crippen LogP contribution in [0.25, 0.3) is 11.1 Å². The minimum absolute atomic E-state index is 0.191. The van der Waals surface area contributed by atoms with Crippen LogP contribution >= 0.6 is 11.6 Å². The summed E-state index contributed by atoms with van der Waals surface area (Å²) in [6.07, 6.45) is 15.3. The Labute approximate surface area is 244 Å². The van der Waals surface area contributed by atoms with Crippen LogP contribution in [0.3, 0.4) is 0 Å². The van der Waals surface area contributed by atoms with Crippen molar-refractivity contribution in [3.63, 3.8) is 0 Å². The minimum Gasteiger partial charge on any atom is -0.495 e. The topological polar surface area (TPSA) is 113 Å². The summed E-state index contributed by atoms with van der Waals surface area (Å²) in [7, 11) is 3.18. The molecule has 9 heteroatoms. The number of nitrogens with zero attached hydrogens (tertiary/aromatic N) is 1. The lowest BCUT2D eigenvalue weighted by molar-refractivity contribution is -0.123. The molecule has 0 spiro atoms. The first-order valence-corrected chi connectivity index (χ1v) is 13.2. The second-order valence-electron chi connectivity index (χ2n) is 9.15. The number of amides is 1. The summed E-state index contributed by atoms with van der Waals surface area (Å²) >= 11 is 6.24. The van der Waals surface area contributed by atoms with Crippen LogP contribution in [0.4, 0.5) is 0 Å². The number of nitrogens with one attached hydrogen (secondary N) is 3. The predicted octanol–water partition coefficient (Wildman–Crippen LogP) is 5.69. The fraction of sp³-hybridized carbons (Fsp3) is 0.188. The average molecular weight is 573 g/mol. The SMILES string of the molecule is C=C/C=C\C(=C/C)CC(C(=O)NC1=C/C(=C/NC)C(=N)C=C1)n1cc(OC)c(-c2cc(Cl)ccc2C(C)=O)cc1=O. The number of methoxy groups -OCH3 is 1. The van der Waals surface area contributed by atoms with Crippen molar-refractivity contribution < 1.29 is 14.3 Å². The molecule has 1 heterocycles. The van der Waals surface area contributed by atoms with Crippen LogP contribution < -0.4 is 20.9 Å². The zero-order chi connectivity index (χ0) is 30.1. The number of rotatable bonds is 11. The minimum atomic E-state index is -0.967. The standard InChI is InChI=1S/C32H33ClN4O4/c1-6-8-9-21(7-2)14-29(32(40)36-24-11-13-28(34)22(15-24)18-35-4)37-19-30(41-5)27(17-31(37)39)26-16-23(33)10-12-25(26)20(3)38/h6-13,15-19,29,34-35H,1,14H2,2-5H3,(H,36,40)/b9-8-,21-7+,22-18-,34-28?. The van der Waals surface area contributed by atoms with Gasteiger partial charge in [-0.15, -0.1) is 0 Å². The van der Waals surface area contributed by atoms with Crippen LogP contribution in [-0.4, -0.2) is 36.1 Å². The average Bonchev–Trinajstić information content (AvgIpc) is 2.95. The molecule has 212 valence electrons. The molecule has 1 atom stereocenters. The number of hydrogen-bond acceptors (Lipinski definition) is 6. The van der Waals surface area contributed by atoms with Crippen molar-refractivity contribution in [3.8, 4) is 16.9 Å². The second kappa shape index (κ2) is 14.1. The molecule has 1 unspecified atom stereocenters. The smallest absolute Gasteiger partial charge is 0.252 e. The Morgan fingerprint density at radius 2 is 1.98 bits per heavy atom. The monoisotopic (exact) mass is 572 g/mol. The number of halogens is 1. The lowest BCUT2D eigenvalue weighted by Gasteiger charge is -2.23. The lowest BCUT2D eigenvalue weighted by Crippen LogP contribution is -2.37. The van der Waals surface area contributed by atoms with E-state index in [1.165, 1.54) is 30.9 Å². The highest BCUT2D eigenvalue weighted by Gasteiger charge is 2.26. The third kappa shape index (κ3) is 7.49. The highest BCUT2D eigenvalue weighted by molar-refractivity contribution is 6.31. The van der Waals surface area contributed by atoms with Gasteiger partial charge in [0.2, 0.25) is 5.91 Å². The molecule has 0 fully saturated rings. The van der Waals surface area contributed by atoms with Gasteiger partial charge >= 0.3 is 0 Å². The molecule has 3 N–H and O–H groups in total. The zero-order valence-electron chi connectivity index (χ0n) is 23.5. The largest absolute Gasteiger partial charge is 0.495 e. The summed E-state index contributed by atoms with van der Waals surface area (Å²) in [6, 6.07) is 5.20. The molecular weight excluding hydrogens is 540 g/mol. The van der Waals surface area contributed by atoms with Crippen molar-refractivity contribution in [2.45, 2.75) is 26.3 Å². The summed E-state index contributed by atoms with van der Waals surface area (Å²) in [5.41, 5.74) is 2.93.